The van der Waals surface area contributed by atoms with Gasteiger partial charge < -0.3 is 15.6 Å². The molecule has 0 unspecified atom stereocenters. The van der Waals surface area contributed by atoms with Crippen molar-refractivity contribution in [1.82, 2.24) is 15.2 Å². The number of hydrogen-bond acceptors (Lipinski definition) is 6. The van der Waals surface area contributed by atoms with Crippen molar-refractivity contribution in [2.24, 2.45) is 0 Å². The molecule has 0 aliphatic heterocycles. The molecule has 1 rings (SSSR count). The van der Waals surface area contributed by atoms with Crippen molar-refractivity contribution in [2.45, 2.75) is 40.4 Å². The largest absolute Gasteiger partial charge is 0.314 e. The Morgan fingerprint density at radius 1 is 0.571 bits per heavy atom. The molecule has 0 radical (unpaired) electrons. The molecule has 6 nitrogen and oxygen atoms in total. The second-order valence-electron chi connectivity index (χ2n) is 5.76. The summed E-state index contributed by atoms with van der Waals surface area (Å²) in [4.78, 5) is 0. The third-order valence-corrected chi connectivity index (χ3v) is 3.88. The molecule has 1 aromatic carbocycles. The lowest BCUT2D eigenvalue weighted by atomic mass is 9.88. The smallest absolute Gasteiger partial charge is 0.0490 e. The van der Waals surface area contributed by atoms with Gasteiger partial charge in [-0.05, 0) is 54.2 Å². The fourth-order valence-electron chi connectivity index (χ4n) is 2.79. The van der Waals surface area contributed by atoms with Crippen LogP contribution in [0.2, 0.25) is 0 Å². The molecule has 0 aromatic heterocycles. The lowest BCUT2D eigenvalue weighted by Gasteiger charge is -2.25. The van der Waals surface area contributed by atoms with Gasteiger partial charge in [-0.15, -0.1) is 0 Å². The van der Waals surface area contributed by atoms with Gasteiger partial charge in [0.2, 0.25) is 0 Å². The van der Waals surface area contributed by atoms with E-state index < -0.39 is 0 Å². The molecule has 0 heterocycles. The summed E-state index contributed by atoms with van der Waals surface area (Å²) in [5.74, 6) is 0. The lowest BCUT2D eigenvalue weighted by Crippen LogP contribution is -2.22. The summed E-state index contributed by atoms with van der Waals surface area (Å²) < 4.78 is 0. The van der Waals surface area contributed by atoms with E-state index in [1.165, 1.54) is 0 Å². The fourth-order valence-corrected chi connectivity index (χ4v) is 2.79. The van der Waals surface area contributed by atoms with Gasteiger partial charge in [-0.2, -0.15) is 15.2 Å². The minimum atomic E-state index is 0.405. The van der Waals surface area contributed by atoms with E-state index in [9.17, 15) is 15.6 Å². The summed E-state index contributed by atoms with van der Waals surface area (Å²) in [6.45, 7) is 7.23. The van der Waals surface area contributed by atoms with Crippen LogP contribution >= 0.6 is 0 Å². The monoisotopic (exact) mass is 297 g/mol. The van der Waals surface area contributed by atoms with Crippen molar-refractivity contribution in [3.8, 4) is 0 Å². The van der Waals surface area contributed by atoms with Crippen molar-refractivity contribution >= 4 is 0 Å². The van der Waals surface area contributed by atoms with Gasteiger partial charge in [0.05, 0.1) is 0 Å². The maximum Gasteiger partial charge on any atom is 0.0490 e. The standard InChI is InChI=1S/C15H27N3O3/c1-10-13(7-16(4)19)11(2)15(9-18(6)21)12(3)14(10)8-17(5)20/h19-21H,7-9H2,1-6H3. The van der Waals surface area contributed by atoms with Crippen LogP contribution in [0.4, 0.5) is 0 Å². The first kappa shape index (κ1) is 18.0. The molecule has 0 saturated carbocycles. The Hall–Kier alpha value is -1.02. The Morgan fingerprint density at radius 3 is 0.905 bits per heavy atom. The predicted molar refractivity (Wildman–Crippen MR) is 80.4 cm³/mol. The van der Waals surface area contributed by atoms with Gasteiger partial charge in [0.15, 0.2) is 0 Å². The van der Waals surface area contributed by atoms with Crippen molar-refractivity contribution in [3.05, 3.63) is 33.4 Å². The first-order valence-electron chi connectivity index (χ1n) is 6.95. The summed E-state index contributed by atoms with van der Waals surface area (Å²) in [5, 5.41) is 32.2. The Balaban J connectivity index is 3.49. The van der Waals surface area contributed by atoms with Crippen LogP contribution in [-0.2, 0) is 19.6 Å². The number of benzene rings is 1. The van der Waals surface area contributed by atoms with E-state index in [2.05, 4.69) is 0 Å². The first-order chi connectivity index (χ1) is 9.65. The van der Waals surface area contributed by atoms with Crippen LogP contribution in [0.5, 0.6) is 0 Å². The molecule has 6 heteroatoms. The summed E-state index contributed by atoms with van der Waals surface area (Å²) in [5.41, 5.74) is 6.28. The minimum absolute atomic E-state index is 0.405. The van der Waals surface area contributed by atoms with Crippen LogP contribution in [0.3, 0.4) is 0 Å². The molecule has 0 bridgehead atoms. The highest BCUT2D eigenvalue weighted by Crippen LogP contribution is 2.29. The van der Waals surface area contributed by atoms with Gasteiger partial charge in [-0.1, -0.05) is 0 Å². The second-order valence-corrected chi connectivity index (χ2v) is 5.76. The zero-order valence-corrected chi connectivity index (χ0v) is 13.8. The van der Waals surface area contributed by atoms with Crippen molar-refractivity contribution in [1.29, 1.82) is 0 Å². The average Bonchev–Trinajstić information content (AvgIpc) is 2.35. The molecule has 0 aliphatic rings. The van der Waals surface area contributed by atoms with Crippen molar-refractivity contribution in [2.75, 3.05) is 21.1 Å². The van der Waals surface area contributed by atoms with Gasteiger partial charge in [-0.3, -0.25) is 0 Å². The van der Waals surface area contributed by atoms with E-state index >= 15 is 0 Å². The molecular formula is C15H27N3O3. The summed E-state index contributed by atoms with van der Waals surface area (Å²) in [7, 11) is 4.82. The Labute approximate surface area is 126 Å². The average molecular weight is 297 g/mol. The van der Waals surface area contributed by atoms with Crippen LogP contribution in [0.25, 0.3) is 0 Å². The Kier molecular flexibility index (Phi) is 6.27. The van der Waals surface area contributed by atoms with Crippen LogP contribution < -0.4 is 0 Å². The Bertz CT molecular complexity index is 407. The van der Waals surface area contributed by atoms with E-state index in [4.69, 9.17) is 0 Å². The molecule has 0 aliphatic carbocycles. The van der Waals surface area contributed by atoms with E-state index in [0.29, 0.717) is 19.6 Å². The van der Waals surface area contributed by atoms with Gasteiger partial charge in [0, 0.05) is 40.8 Å². The number of nitrogens with zero attached hydrogens (tertiary/aromatic N) is 3. The third kappa shape index (κ3) is 4.47. The van der Waals surface area contributed by atoms with Crippen LogP contribution in [0.15, 0.2) is 0 Å². The number of rotatable bonds is 6. The van der Waals surface area contributed by atoms with Gasteiger partial charge in [0.1, 0.15) is 0 Å². The summed E-state index contributed by atoms with van der Waals surface area (Å²) in [6, 6.07) is 0. The van der Waals surface area contributed by atoms with Crippen molar-refractivity contribution in [3.63, 3.8) is 0 Å². The normalized spacial score (nSPS) is 12.0. The van der Waals surface area contributed by atoms with Crippen LogP contribution in [0, 0.1) is 20.8 Å². The fraction of sp³-hybridized carbons (Fsp3) is 0.600. The molecule has 1 aromatic rings. The molecule has 0 spiro atoms. The van der Waals surface area contributed by atoms with Crippen molar-refractivity contribution < 1.29 is 15.6 Å². The molecule has 120 valence electrons. The maximum absolute atomic E-state index is 9.58. The maximum atomic E-state index is 9.58. The zero-order chi connectivity index (χ0) is 16.3. The lowest BCUT2D eigenvalue weighted by molar-refractivity contribution is -0.0764. The topological polar surface area (TPSA) is 70.4 Å². The predicted octanol–water partition coefficient (Wildman–Crippen LogP) is 2.07. The van der Waals surface area contributed by atoms with Crippen LogP contribution in [-0.4, -0.2) is 52.0 Å². The van der Waals surface area contributed by atoms with Gasteiger partial charge >= 0.3 is 0 Å². The summed E-state index contributed by atoms with van der Waals surface area (Å²) >= 11 is 0. The molecule has 21 heavy (non-hydrogen) atoms. The van der Waals surface area contributed by atoms with E-state index in [-0.39, 0.29) is 0 Å². The highest BCUT2D eigenvalue weighted by atomic mass is 16.5. The molecule has 3 N–H and O–H groups in total. The highest BCUT2D eigenvalue weighted by Gasteiger charge is 2.19. The molecule has 0 amide bonds. The van der Waals surface area contributed by atoms with E-state index in [1.54, 1.807) is 21.1 Å². The number of hydroxylamine groups is 6. The quantitative estimate of drug-likeness (QED) is 0.698. The number of hydrogen-bond donors (Lipinski definition) is 3. The first-order valence-corrected chi connectivity index (χ1v) is 6.95. The molecule has 0 atom stereocenters. The summed E-state index contributed by atoms with van der Waals surface area (Å²) in [6.07, 6.45) is 0. The highest BCUT2D eigenvalue weighted by molar-refractivity contribution is 5.50. The molecular weight excluding hydrogens is 270 g/mol. The van der Waals surface area contributed by atoms with E-state index in [0.717, 1.165) is 48.6 Å². The minimum Gasteiger partial charge on any atom is -0.314 e. The zero-order valence-electron chi connectivity index (χ0n) is 13.8. The Morgan fingerprint density at radius 2 is 0.762 bits per heavy atom. The van der Waals surface area contributed by atoms with E-state index in [1.807, 2.05) is 20.8 Å². The van der Waals surface area contributed by atoms with Gasteiger partial charge in [-0.25, -0.2) is 0 Å². The second kappa shape index (κ2) is 7.31. The SMILES string of the molecule is Cc1c(CN(C)O)c(C)c(CN(C)O)c(C)c1CN(C)O. The third-order valence-electron chi connectivity index (χ3n) is 3.88. The van der Waals surface area contributed by atoms with Gasteiger partial charge in [0.25, 0.3) is 0 Å². The molecule has 0 fully saturated rings. The van der Waals surface area contributed by atoms with Crippen LogP contribution in [0.1, 0.15) is 33.4 Å². The molecule has 0 saturated heterocycles.